The first kappa shape index (κ1) is 23.5. The summed E-state index contributed by atoms with van der Waals surface area (Å²) in [7, 11) is 0. The number of benzene rings is 3. The van der Waals surface area contributed by atoms with Gasteiger partial charge in [0.15, 0.2) is 0 Å². The van der Waals surface area contributed by atoms with E-state index in [1.807, 2.05) is 0 Å². The molecule has 3 aromatic carbocycles. The third kappa shape index (κ3) is 4.19. The lowest BCUT2D eigenvalue weighted by molar-refractivity contribution is -0.143. The van der Waals surface area contributed by atoms with Gasteiger partial charge in [0.2, 0.25) is 5.91 Å². The number of nitrogens with zero attached hydrogens (tertiary/aromatic N) is 3. The molecule has 1 aliphatic heterocycles. The molecule has 1 saturated heterocycles. The maximum Gasteiger partial charge on any atom is 0.321 e. The minimum atomic E-state index is -3.66. The van der Waals surface area contributed by atoms with Crippen LogP contribution in [-0.4, -0.2) is 33.6 Å². The van der Waals surface area contributed by atoms with Gasteiger partial charge in [-0.2, -0.15) is 13.9 Å². The number of amides is 2. The quantitative estimate of drug-likeness (QED) is 0.399. The van der Waals surface area contributed by atoms with Gasteiger partial charge < -0.3 is 10.2 Å². The van der Waals surface area contributed by atoms with Crippen LogP contribution < -0.4 is 10.2 Å². The molecule has 0 spiro atoms. The highest BCUT2D eigenvalue weighted by atomic mass is 19.3. The van der Waals surface area contributed by atoms with Crippen LogP contribution in [0.2, 0.25) is 0 Å². The third-order valence-electron chi connectivity index (χ3n) is 6.16. The van der Waals surface area contributed by atoms with Crippen LogP contribution in [0.1, 0.15) is 24.9 Å². The number of hydrogen-bond donors (Lipinski definition) is 1. The van der Waals surface area contributed by atoms with Crippen molar-refractivity contribution in [3.05, 3.63) is 90.1 Å². The zero-order valence-electron chi connectivity index (χ0n) is 19.0. The average molecular weight is 496 g/mol. The molecule has 1 aliphatic rings. The summed E-state index contributed by atoms with van der Waals surface area (Å²) in [5, 5.41) is 7.22. The molecule has 1 aromatic heterocycles. The number of nitrogens with one attached hydrogen (secondary N) is 1. The Morgan fingerprint density at radius 2 is 1.72 bits per heavy atom. The SMILES string of the molecule is CC(F)(F)C(=O)N[C@H]1CC(=O)N(c2ccc3c(cnn3-c3ccc(F)cc3)c2)[C@@H]1c1ccccc1F. The summed E-state index contributed by atoms with van der Waals surface area (Å²) in [5.41, 5.74) is 1.79. The Balaban J connectivity index is 1.56. The summed E-state index contributed by atoms with van der Waals surface area (Å²) in [5.74, 6) is -6.68. The summed E-state index contributed by atoms with van der Waals surface area (Å²) in [4.78, 5) is 26.5. The Kier molecular flexibility index (Phi) is 5.74. The summed E-state index contributed by atoms with van der Waals surface area (Å²) in [6.07, 6.45) is 1.28. The Morgan fingerprint density at radius 3 is 2.42 bits per heavy atom. The average Bonchev–Trinajstić information content (AvgIpc) is 3.39. The first-order valence-corrected chi connectivity index (χ1v) is 11.1. The summed E-state index contributed by atoms with van der Waals surface area (Å²) >= 11 is 0. The Labute approximate surface area is 203 Å². The summed E-state index contributed by atoms with van der Waals surface area (Å²) in [6.45, 7) is 0.460. The standard InChI is InChI=1S/C26H20F4N4O2/c1-26(29,30)25(36)32-21-13-23(35)33(24(21)19-4-2-3-5-20(19)28)18-10-11-22-15(12-18)14-31-34(22)17-8-6-16(27)7-9-17/h2-12,14,21,24H,13H2,1H3,(H,32,36)/t21-,24+/m0/s1. The van der Waals surface area contributed by atoms with Gasteiger partial charge in [-0.05, 0) is 48.5 Å². The van der Waals surface area contributed by atoms with Crippen LogP contribution in [0.5, 0.6) is 0 Å². The van der Waals surface area contributed by atoms with Crippen molar-refractivity contribution < 1.29 is 27.2 Å². The molecule has 184 valence electrons. The number of hydrogen-bond acceptors (Lipinski definition) is 3. The minimum absolute atomic E-state index is 0.0928. The highest BCUT2D eigenvalue weighted by molar-refractivity contribution is 6.00. The second kappa shape index (κ2) is 8.78. The highest BCUT2D eigenvalue weighted by Gasteiger charge is 2.45. The highest BCUT2D eigenvalue weighted by Crippen LogP contribution is 2.39. The van der Waals surface area contributed by atoms with E-state index in [1.54, 1.807) is 47.3 Å². The van der Waals surface area contributed by atoms with Crippen LogP contribution in [-0.2, 0) is 9.59 Å². The molecule has 0 unspecified atom stereocenters. The Morgan fingerprint density at radius 1 is 1.03 bits per heavy atom. The molecule has 0 radical (unpaired) electrons. The maximum absolute atomic E-state index is 14.8. The molecule has 4 aromatic rings. The van der Waals surface area contributed by atoms with Gasteiger partial charge >= 0.3 is 5.92 Å². The number of rotatable bonds is 5. The molecule has 2 atom stereocenters. The van der Waals surface area contributed by atoms with E-state index in [0.717, 1.165) is 0 Å². The van der Waals surface area contributed by atoms with Gasteiger partial charge in [-0.1, -0.05) is 18.2 Å². The molecule has 0 bridgehead atoms. The molecule has 2 heterocycles. The topological polar surface area (TPSA) is 67.2 Å². The second-order valence-corrected chi connectivity index (χ2v) is 8.68. The fraction of sp³-hybridized carbons (Fsp3) is 0.192. The van der Waals surface area contributed by atoms with E-state index in [-0.39, 0.29) is 17.8 Å². The van der Waals surface area contributed by atoms with Crippen molar-refractivity contribution in [2.45, 2.75) is 31.4 Å². The molecule has 2 amide bonds. The van der Waals surface area contributed by atoms with Crippen molar-refractivity contribution in [3.63, 3.8) is 0 Å². The fourth-order valence-electron chi connectivity index (χ4n) is 4.49. The molecule has 1 N–H and O–H groups in total. The first-order chi connectivity index (χ1) is 17.1. The van der Waals surface area contributed by atoms with Crippen LogP contribution in [0, 0.1) is 11.6 Å². The van der Waals surface area contributed by atoms with E-state index in [0.29, 0.717) is 29.2 Å². The lowest BCUT2D eigenvalue weighted by Crippen LogP contribution is -2.46. The van der Waals surface area contributed by atoms with Crippen molar-refractivity contribution in [2.75, 3.05) is 4.90 Å². The van der Waals surface area contributed by atoms with Crippen LogP contribution >= 0.6 is 0 Å². The first-order valence-electron chi connectivity index (χ1n) is 11.1. The van der Waals surface area contributed by atoms with Crippen molar-refractivity contribution in [2.24, 2.45) is 0 Å². The predicted molar refractivity (Wildman–Crippen MR) is 125 cm³/mol. The van der Waals surface area contributed by atoms with Gasteiger partial charge in [0, 0.05) is 30.0 Å². The number of carbonyl (C=O) groups is 2. The smallest absolute Gasteiger partial charge is 0.321 e. The fourth-order valence-corrected chi connectivity index (χ4v) is 4.49. The zero-order chi connectivity index (χ0) is 25.6. The molecule has 5 rings (SSSR count). The van der Waals surface area contributed by atoms with E-state index in [9.17, 15) is 27.2 Å². The van der Waals surface area contributed by atoms with Crippen molar-refractivity contribution in [1.29, 1.82) is 0 Å². The normalized spacial score (nSPS) is 18.1. The van der Waals surface area contributed by atoms with Gasteiger partial charge in [0.25, 0.3) is 5.91 Å². The molecular formula is C26H20F4N4O2. The monoisotopic (exact) mass is 496 g/mol. The van der Waals surface area contributed by atoms with Crippen molar-refractivity contribution in [3.8, 4) is 5.69 Å². The molecule has 0 saturated carbocycles. The summed E-state index contributed by atoms with van der Waals surface area (Å²) < 4.78 is 57.0. The number of carbonyl (C=O) groups excluding carboxylic acids is 2. The van der Waals surface area contributed by atoms with Crippen LogP contribution in [0.3, 0.4) is 0 Å². The number of alkyl halides is 2. The lowest BCUT2D eigenvalue weighted by Gasteiger charge is -2.30. The molecule has 0 aliphatic carbocycles. The van der Waals surface area contributed by atoms with Gasteiger partial charge in [-0.25, -0.2) is 13.5 Å². The predicted octanol–water partition coefficient (Wildman–Crippen LogP) is 4.92. The van der Waals surface area contributed by atoms with Gasteiger partial charge in [-0.15, -0.1) is 0 Å². The Bertz CT molecular complexity index is 1460. The molecule has 36 heavy (non-hydrogen) atoms. The number of aromatic nitrogens is 2. The van der Waals surface area contributed by atoms with Gasteiger partial charge in [0.05, 0.1) is 29.5 Å². The second-order valence-electron chi connectivity index (χ2n) is 8.68. The van der Waals surface area contributed by atoms with Crippen LogP contribution in [0.4, 0.5) is 23.2 Å². The van der Waals surface area contributed by atoms with E-state index in [1.165, 1.54) is 35.2 Å². The van der Waals surface area contributed by atoms with Gasteiger partial charge in [-0.3, -0.25) is 9.59 Å². The van der Waals surface area contributed by atoms with Crippen LogP contribution in [0.15, 0.2) is 72.9 Å². The maximum atomic E-state index is 14.8. The lowest BCUT2D eigenvalue weighted by atomic mass is 9.98. The van der Waals surface area contributed by atoms with E-state index in [2.05, 4.69) is 10.4 Å². The van der Waals surface area contributed by atoms with E-state index < -0.39 is 35.6 Å². The third-order valence-corrected chi connectivity index (χ3v) is 6.16. The van der Waals surface area contributed by atoms with Crippen molar-refractivity contribution in [1.82, 2.24) is 15.1 Å². The van der Waals surface area contributed by atoms with E-state index in [4.69, 9.17) is 0 Å². The number of halogens is 4. The van der Waals surface area contributed by atoms with Gasteiger partial charge in [0.1, 0.15) is 11.6 Å². The summed E-state index contributed by atoms with van der Waals surface area (Å²) in [6, 6.07) is 14.4. The molecule has 10 heteroatoms. The minimum Gasteiger partial charge on any atom is -0.345 e. The molecule has 1 fully saturated rings. The van der Waals surface area contributed by atoms with Crippen molar-refractivity contribution >= 4 is 28.4 Å². The molecule has 6 nitrogen and oxygen atoms in total. The number of fused-ring (bicyclic) bond motifs is 1. The zero-order valence-corrected chi connectivity index (χ0v) is 19.0. The van der Waals surface area contributed by atoms with Crippen LogP contribution in [0.25, 0.3) is 16.6 Å². The number of anilines is 1. The Hall–Kier alpha value is -4.21. The molecular weight excluding hydrogens is 476 g/mol. The van der Waals surface area contributed by atoms with E-state index >= 15 is 0 Å². The largest absolute Gasteiger partial charge is 0.345 e.